The van der Waals surface area contributed by atoms with Gasteiger partial charge in [-0.2, -0.15) is 5.26 Å². The highest BCUT2D eigenvalue weighted by atomic mass is 16.5. The average molecular weight is 372 g/mol. The highest BCUT2D eigenvalue weighted by molar-refractivity contribution is 6.08. The van der Waals surface area contributed by atoms with Gasteiger partial charge in [0, 0.05) is 6.20 Å². The number of aromatic nitrogens is 1. The third-order valence-corrected chi connectivity index (χ3v) is 3.91. The van der Waals surface area contributed by atoms with Gasteiger partial charge in [-0.1, -0.05) is 24.3 Å². The predicted octanol–water partition coefficient (Wildman–Crippen LogP) is 3.74. The van der Waals surface area contributed by atoms with Crippen LogP contribution in [0.1, 0.15) is 26.3 Å². The van der Waals surface area contributed by atoms with E-state index in [4.69, 9.17) is 4.74 Å². The molecule has 0 aliphatic heterocycles. The average Bonchev–Trinajstić information content (AvgIpc) is 2.74. The summed E-state index contributed by atoms with van der Waals surface area (Å²) in [7, 11) is 1.28. The molecule has 3 rings (SSSR count). The van der Waals surface area contributed by atoms with E-state index in [-0.39, 0.29) is 5.56 Å². The summed E-state index contributed by atoms with van der Waals surface area (Å²) in [6.07, 6.45) is 2.96. The topological polar surface area (TPSA) is 104 Å². The molecule has 1 aromatic heterocycles. The molecule has 0 atom stereocenters. The van der Waals surface area contributed by atoms with Gasteiger partial charge in [-0.3, -0.25) is 9.78 Å². The Bertz CT molecular complexity index is 1070. The summed E-state index contributed by atoms with van der Waals surface area (Å²) in [5.41, 5.74) is 2.52. The van der Waals surface area contributed by atoms with Crippen LogP contribution in [0.4, 0.5) is 17.1 Å². The molecular formula is C21H16N4O3. The molecule has 3 aromatic rings. The fourth-order valence-electron chi connectivity index (χ4n) is 2.55. The number of ether oxygens (including phenoxy) is 1. The molecule has 0 spiro atoms. The van der Waals surface area contributed by atoms with Crippen LogP contribution in [0.3, 0.4) is 0 Å². The number of methoxy groups -OCH3 is 1. The first kappa shape index (κ1) is 18.6. The van der Waals surface area contributed by atoms with E-state index in [2.05, 4.69) is 21.7 Å². The lowest BCUT2D eigenvalue weighted by Crippen LogP contribution is -2.15. The molecule has 1 amide bonds. The first-order chi connectivity index (χ1) is 13.6. The van der Waals surface area contributed by atoms with Crippen LogP contribution in [0.2, 0.25) is 0 Å². The molecule has 0 saturated carbocycles. The van der Waals surface area contributed by atoms with E-state index >= 15 is 0 Å². The molecule has 1 heterocycles. The van der Waals surface area contributed by atoms with Gasteiger partial charge in [0.1, 0.15) is 6.07 Å². The molecular weight excluding hydrogens is 356 g/mol. The molecule has 0 saturated heterocycles. The van der Waals surface area contributed by atoms with Crippen LogP contribution >= 0.6 is 0 Å². The van der Waals surface area contributed by atoms with E-state index in [9.17, 15) is 14.9 Å². The van der Waals surface area contributed by atoms with E-state index in [1.807, 2.05) is 0 Å². The number of hydrogen-bond acceptors (Lipinski definition) is 6. The molecule has 0 bridgehead atoms. The van der Waals surface area contributed by atoms with Gasteiger partial charge in [0.25, 0.3) is 5.91 Å². The minimum Gasteiger partial charge on any atom is -0.465 e. The number of nitrogens with zero attached hydrogens (tertiary/aromatic N) is 2. The van der Waals surface area contributed by atoms with Crippen LogP contribution in [0.15, 0.2) is 67.0 Å². The summed E-state index contributed by atoms with van der Waals surface area (Å²) in [4.78, 5) is 28.5. The third kappa shape index (κ3) is 4.14. The van der Waals surface area contributed by atoms with E-state index < -0.39 is 11.9 Å². The summed E-state index contributed by atoms with van der Waals surface area (Å²) < 4.78 is 4.73. The van der Waals surface area contributed by atoms with Crippen LogP contribution in [0.5, 0.6) is 0 Å². The van der Waals surface area contributed by atoms with Crippen molar-refractivity contribution in [3.63, 3.8) is 0 Å². The Morgan fingerprint density at radius 1 is 1.04 bits per heavy atom. The van der Waals surface area contributed by atoms with Crippen LogP contribution in [-0.4, -0.2) is 24.0 Å². The van der Waals surface area contributed by atoms with Crippen LogP contribution in [0.25, 0.3) is 0 Å². The SMILES string of the molecule is COC(=O)c1ccccc1NC(=O)c1cncc(Nc2ccccc2C#N)c1. The highest BCUT2D eigenvalue weighted by Gasteiger charge is 2.15. The zero-order chi connectivity index (χ0) is 19.9. The summed E-state index contributed by atoms with van der Waals surface area (Å²) in [6, 6.07) is 17.3. The standard InChI is InChI=1S/C21H16N4O3/c1-28-21(27)17-7-3-5-9-19(17)25-20(26)15-10-16(13-23-12-15)24-18-8-4-2-6-14(18)11-22/h2-10,12-13,24H,1H3,(H,25,26). The van der Waals surface area contributed by atoms with Crippen molar-refractivity contribution in [3.8, 4) is 6.07 Å². The van der Waals surface area contributed by atoms with Gasteiger partial charge in [0.15, 0.2) is 0 Å². The molecule has 7 nitrogen and oxygen atoms in total. The molecule has 0 aliphatic rings. The number of nitriles is 1. The molecule has 2 N–H and O–H groups in total. The van der Waals surface area contributed by atoms with Crippen LogP contribution in [-0.2, 0) is 4.74 Å². The largest absolute Gasteiger partial charge is 0.465 e. The summed E-state index contributed by atoms with van der Waals surface area (Å²) in [5, 5.41) is 15.0. The van der Waals surface area contributed by atoms with Crippen molar-refractivity contribution in [1.29, 1.82) is 5.26 Å². The molecule has 0 unspecified atom stereocenters. The highest BCUT2D eigenvalue weighted by Crippen LogP contribution is 2.21. The third-order valence-electron chi connectivity index (χ3n) is 3.91. The molecule has 0 aliphatic carbocycles. The van der Waals surface area contributed by atoms with Crippen molar-refractivity contribution >= 4 is 28.9 Å². The van der Waals surface area contributed by atoms with Crippen LogP contribution < -0.4 is 10.6 Å². The summed E-state index contributed by atoms with van der Waals surface area (Å²) in [6.45, 7) is 0. The van der Waals surface area contributed by atoms with Crippen molar-refractivity contribution in [2.45, 2.75) is 0 Å². The van der Waals surface area contributed by atoms with Crippen molar-refractivity contribution < 1.29 is 14.3 Å². The van der Waals surface area contributed by atoms with Gasteiger partial charge in [-0.25, -0.2) is 4.79 Å². The number of carbonyl (C=O) groups excluding carboxylic acids is 2. The van der Waals surface area contributed by atoms with Crippen molar-refractivity contribution in [1.82, 2.24) is 4.98 Å². The Hall–Kier alpha value is -4.18. The first-order valence-corrected chi connectivity index (χ1v) is 8.32. The minimum absolute atomic E-state index is 0.253. The zero-order valence-corrected chi connectivity index (χ0v) is 15.0. The van der Waals surface area contributed by atoms with E-state index in [0.717, 1.165) is 0 Å². The van der Waals surface area contributed by atoms with Crippen molar-refractivity contribution in [3.05, 3.63) is 83.7 Å². The molecule has 0 radical (unpaired) electrons. The van der Waals surface area contributed by atoms with Gasteiger partial charge >= 0.3 is 5.97 Å². The van der Waals surface area contributed by atoms with Crippen molar-refractivity contribution in [2.75, 3.05) is 17.7 Å². The maximum atomic E-state index is 12.6. The fraction of sp³-hybridized carbons (Fsp3) is 0.0476. The number of hydrogen-bond donors (Lipinski definition) is 2. The summed E-state index contributed by atoms with van der Waals surface area (Å²) >= 11 is 0. The maximum Gasteiger partial charge on any atom is 0.339 e. The number of carbonyl (C=O) groups is 2. The molecule has 28 heavy (non-hydrogen) atoms. The Balaban J connectivity index is 1.82. The number of pyridine rings is 1. The molecule has 7 heteroatoms. The fourth-order valence-corrected chi connectivity index (χ4v) is 2.55. The van der Waals surface area contributed by atoms with Gasteiger partial charge in [0.2, 0.25) is 0 Å². The Kier molecular flexibility index (Phi) is 5.63. The van der Waals surface area contributed by atoms with E-state index in [0.29, 0.717) is 28.2 Å². The van der Waals surface area contributed by atoms with Crippen molar-refractivity contribution in [2.24, 2.45) is 0 Å². The number of rotatable bonds is 5. The molecule has 138 valence electrons. The lowest BCUT2D eigenvalue weighted by Gasteiger charge is -2.11. The molecule has 2 aromatic carbocycles. The molecule has 0 fully saturated rings. The second-order valence-electron chi connectivity index (χ2n) is 5.74. The Morgan fingerprint density at radius 2 is 1.75 bits per heavy atom. The van der Waals surface area contributed by atoms with Gasteiger partial charge in [-0.15, -0.1) is 0 Å². The van der Waals surface area contributed by atoms with Gasteiger partial charge in [-0.05, 0) is 30.3 Å². The number of anilines is 3. The maximum absolute atomic E-state index is 12.6. The van der Waals surface area contributed by atoms with Gasteiger partial charge < -0.3 is 15.4 Å². The summed E-state index contributed by atoms with van der Waals surface area (Å²) in [5.74, 6) is -0.973. The predicted molar refractivity (Wildman–Crippen MR) is 104 cm³/mol. The number of nitrogens with one attached hydrogen (secondary N) is 2. The number of para-hydroxylation sites is 2. The lowest BCUT2D eigenvalue weighted by atomic mass is 10.1. The monoisotopic (exact) mass is 372 g/mol. The van der Waals surface area contributed by atoms with Crippen LogP contribution in [0, 0.1) is 11.3 Å². The van der Waals surface area contributed by atoms with E-state index in [1.165, 1.54) is 13.3 Å². The van der Waals surface area contributed by atoms with Gasteiger partial charge in [0.05, 0.1) is 47.1 Å². The zero-order valence-electron chi connectivity index (χ0n) is 15.0. The second kappa shape index (κ2) is 8.47. The number of amides is 1. The van der Waals surface area contributed by atoms with E-state index in [1.54, 1.807) is 60.8 Å². The second-order valence-corrected chi connectivity index (χ2v) is 5.74. The smallest absolute Gasteiger partial charge is 0.339 e. The quantitative estimate of drug-likeness (QED) is 0.661. The number of esters is 1. The Morgan fingerprint density at radius 3 is 2.50 bits per heavy atom. The lowest BCUT2D eigenvalue weighted by molar-refractivity contribution is 0.0602. The first-order valence-electron chi connectivity index (χ1n) is 8.32. The minimum atomic E-state index is -0.544. The number of benzene rings is 2. The Labute approximate surface area is 161 Å². The normalized spacial score (nSPS) is 9.86.